The smallest absolute Gasteiger partial charge is 0.340 e. The van der Waals surface area contributed by atoms with Crippen molar-refractivity contribution in [2.24, 2.45) is 0 Å². The highest BCUT2D eigenvalue weighted by molar-refractivity contribution is 5.94. The lowest BCUT2D eigenvalue weighted by molar-refractivity contribution is -0.117. The number of anilines is 1. The van der Waals surface area contributed by atoms with Crippen LogP contribution in [-0.4, -0.2) is 59.8 Å². The van der Waals surface area contributed by atoms with E-state index in [0.29, 0.717) is 11.4 Å². The molecule has 5 rings (SSSR count). The van der Waals surface area contributed by atoms with Gasteiger partial charge in [-0.15, -0.1) is 0 Å². The highest BCUT2D eigenvalue weighted by atomic mass is 16.5. The number of benzene rings is 2. The molecule has 3 heterocycles. The second-order valence-corrected chi connectivity index (χ2v) is 8.09. The molecule has 2 aromatic carbocycles. The minimum absolute atomic E-state index is 0.0145. The molecule has 0 bridgehead atoms. The van der Waals surface area contributed by atoms with Gasteiger partial charge in [-0.25, -0.2) is 20.7 Å². The zero-order valence-corrected chi connectivity index (χ0v) is 18.4. The van der Waals surface area contributed by atoms with E-state index in [2.05, 4.69) is 16.2 Å². The summed E-state index contributed by atoms with van der Waals surface area (Å²) in [6.07, 6.45) is 4.13. The van der Waals surface area contributed by atoms with Crippen LogP contribution < -0.4 is 25.6 Å². The third-order valence-electron chi connectivity index (χ3n) is 6.12. The van der Waals surface area contributed by atoms with Crippen molar-refractivity contribution in [1.82, 2.24) is 25.8 Å². The van der Waals surface area contributed by atoms with Crippen molar-refractivity contribution < 1.29 is 19.1 Å². The number of rotatable bonds is 6. The number of carbonyl (C=O) groups excluding carboxylic acids is 2. The minimum Gasteiger partial charge on any atom is -0.497 e. The van der Waals surface area contributed by atoms with Gasteiger partial charge in [-0.2, -0.15) is 0 Å². The van der Waals surface area contributed by atoms with Crippen LogP contribution in [0.3, 0.4) is 0 Å². The number of hydrogen-bond acceptors (Lipinski definition) is 7. The van der Waals surface area contributed by atoms with E-state index >= 15 is 0 Å². The second-order valence-electron chi connectivity index (χ2n) is 8.09. The van der Waals surface area contributed by atoms with Crippen molar-refractivity contribution in [2.45, 2.75) is 24.7 Å². The van der Waals surface area contributed by atoms with E-state index in [1.54, 1.807) is 49.6 Å². The molecule has 0 radical (unpaired) electrons. The highest BCUT2D eigenvalue weighted by Crippen LogP contribution is 2.35. The largest absolute Gasteiger partial charge is 0.497 e. The van der Waals surface area contributed by atoms with Gasteiger partial charge in [-0.05, 0) is 48.4 Å². The Labute approximate surface area is 191 Å². The third kappa shape index (κ3) is 4.06. The first kappa shape index (κ1) is 21.1. The van der Waals surface area contributed by atoms with Gasteiger partial charge in [0.2, 0.25) is 5.91 Å². The summed E-state index contributed by atoms with van der Waals surface area (Å²) in [4.78, 5) is 27.1. The SMILES string of the molecule is COc1ccc(NC(=O)CN2NC3C4CC(c5ccc(OC)cc5)NN4C=CN3C2=O)cc1. The molecule has 172 valence electrons. The average Bonchev–Trinajstić information content (AvgIpc) is 3.41. The first-order valence-electron chi connectivity index (χ1n) is 10.7. The molecule has 2 saturated heterocycles. The van der Waals surface area contributed by atoms with Gasteiger partial charge in [0, 0.05) is 18.1 Å². The quantitative estimate of drug-likeness (QED) is 0.619. The molecule has 3 atom stereocenters. The van der Waals surface area contributed by atoms with Crippen molar-refractivity contribution in [3.63, 3.8) is 0 Å². The zero-order chi connectivity index (χ0) is 22.9. The summed E-state index contributed by atoms with van der Waals surface area (Å²) in [7, 11) is 3.23. The van der Waals surface area contributed by atoms with E-state index in [9.17, 15) is 9.59 Å². The molecule has 3 N–H and O–H groups in total. The normalized spacial score (nSPS) is 23.4. The Balaban J connectivity index is 1.22. The van der Waals surface area contributed by atoms with Crippen LogP contribution in [0.15, 0.2) is 60.9 Å². The van der Waals surface area contributed by atoms with E-state index in [1.165, 1.54) is 5.01 Å². The zero-order valence-electron chi connectivity index (χ0n) is 18.4. The maximum absolute atomic E-state index is 12.9. The van der Waals surface area contributed by atoms with E-state index in [-0.39, 0.29) is 36.7 Å². The van der Waals surface area contributed by atoms with Gasteiger partial charge < -0.3 is 19.8 Å². The summed E-state index contributed by atoms with van der Waals surface area (Å²) >= 11 is 0. The fraction of sp³-hybridized carbons (Fsp3) is 0.304. The average molecular weight is 450 g/mol. The van der Waals surface area contributed by atoms with Gasteiger partial charge >= 0.3 is 6.03 Å². The molecule has 2 aromatic rings. The minimum atomic E-state index is -0.289. The molecule has 3 aliphatic heterocycles. The van der Waals surface area contributed by atoms with Crippen LogP contribution in [0.4, 0.5) is 10.5 Å². The third-order valence-corrected chi connectivity index (χ3v) is 6.12. The lowest BCUT2D eigenvalue weighted by Crippen LogP contribution is -2.54. The monoisotopic (exact) mass is 450 g/mol. The molecule has 10 nitrogen and oxygen atoms in total. The summed E-state index contributed by atoms with van der Waals surface area (Å²) in [5, 5.41) is 6.19. The lowest BCUT2D eigenvalue weighted by atomic mass is 10.00. The van der Waals surface area contributed by atoms with Crippen molar-refractivity contribution in [1.29, 1.82) is 0 Å². The molecule has 0 aliphatic carbocycles. The van der Waals surface area contributed by atoms with Gasteiger partial charge in [0.05, 0.1) is 26.3 Å². The standard InChI is InChI=1S/C23H26N6O4/c1-32-17-7-3-15(4-8-17)19-13-20-22-26-29(23(31)27(22)11-12-28(20)25-19)14-21(30)24-16-5-9-18(33-2)10-6-16/h3-12,19-20,22,25-26H,13-14H2,1-2H3,(H,24,30). The molecule has 10 heteroatoms. The van der Waals surface area contributed by atoms with E-state index in [4.69, 9.17) is 9.47 Å². The Bertz CT molecular complexity index is 1060. The van der Waals surface area contributed by atoms with E-state index < -0.39 is 0 Å². The van der Waals surface area contributed by atoms with Gasteiger partial charge in [0.15, 0.2) is 0 Å². The maximum Gasteiger partial charge on any atom is 0.340 e. The molecule has 2 fully saturated rings. The number of amides is 3. The predicted octanol–water partition coefficient (Wildman–Crippen LogP) is 2.02. The lowest BCUT2D eigenvalue weighted by Gasteiger charge is -2.34. The van der Waals surface area contributed by atoms with Crippen molar-refractivity contribution in [3.8, 4) is 11.5 Å². The summed E-state index contributed by atoms with van der Waals surface area (Å²) < 4.78 is 10.4. The van der Waals surface area contributed by atoms with E-state index in [1.807, 2.05) is 35.5 Å². The number of carbonyl (C=O) groups is 2. The van der Waals surface area contributed by atoms with Crippen LogP contribution in [0.25, 0.3) is 0 Å². The number of hydrazine groups is 2. The molecule has 3 aliphatic rings. The first-order valence-corrected chi connectivity index (χ1v) is 10.7. The number of nitrogens with zero attached hydrogens (tertiary/aromatic N) is 3. The van der Waals surface area contributed by atoms with Crippen LogP contribution in [0.1, 0.15) is 18.0 Å². The predicted molar refractivity (Wildman–Crippen MR) is 121 cm³/mol. The summed E-state index contributed by atoms with van der Waals surface area (Å²) in [5.41, 5.74) is 8.49. The summed E-state index contributed by atoms with van der Waals surface area (Å²) in [6, 6.07) is 14.9. The number of methoxy groups -OCH3 is 2. The molecule has 33 heavy (non-hydrogen) atoms. The van der Waals surface area contributed by atoms with Gasteiger partial charge in [-0.3, -0.25) is 9.69 Å². The Hall–Kier alpha value is -3.76. The molecule has 0 aromatic heterocycles. The van der Waals surface area contributed by atoms with E-state index in [0.717, 1.165) is 17.7 Å². The van der Waals surface area contributed by atoms with Crippen LogP contribution in [0.5, 0.6) is 11.5 Å². The molecule has 3 unspecified atom stereocenters. The first-order chi connectivity index (χ1) is 16.1. The Morgan fingerprint density at radius 2 is 1.67 bits per heavy atom. The molecular weight excluding hydrogens is 424 g/mol. The van der Waals surface area contributed by atoms with Crippen LogP contribution in [0, 0.1) is 0 Å². The summed E-state index contributed by atoms with van der Waals surface area (Å²) in [5.74, 6) is 1.23. The molecular formula is C23H26N6O4. The van der Waals surface area contributed by atoms with Gasteiger partial charge in [0.1, 0.15) is 24.2 Å². The van der Waals surface area contributed by atoms with Crippen LogP contribution >= 0.6 is 0 Å². The number of urea groups is 1. The Morgan fingerprint density at radius 1 is 1.00 bits per heavy atom. The molecule has 3 amide bonds. The fourth-order valence-electron chi connectivity index (χ4n) is 4.40. The number of nitrogens with one attached hydrogen (secondary N) is 3. The van der Waals surface area contributed by atoms with Gasteiger partial charge in [0.25, 0.3) is 0 Å². The topological polar surface area (TPSA) is 98.4 Å². The fourth-order valence-corrected chi connectivity index (χ4v) is 4.40. The number of hydrogen-bond donors (Lipinski definition) is 3. The molecule has 0 spiro atoms. The van der Waals surface area contributed by atoms with Crippen molar-refractivity contribution >= 4 is 17.6 Å². The van der Waals surface area contributed by atoms with Crippen molar-refractivity contribution in [3.05, 3.63) is 66.5 Å². The van der Waals surface area contributed by atoms with Crippen LogP contribution in [-0.2, 0) is 4.79 Å². The Morgan fingerprint density at radius 3 is 2.33 bits per heavy atom. The summed E-state index contributed by atoms with van der Waals surface area (Å²) in [6.45, 7) is -0.103. The maximum atomic E-state index is 12.9. The number of fused-ring (bicyclic) bond motifs is 3. The second kappa shape index (κ2) is 8.64. The van der Waals surface area contributed by atoms with Gasteiger partial charge in [-0.1, -0.05) is 12.1 Å². The number of ether oxygens (including phenoxy) is 2. The van der Waals surface area contributed by atoms with Crippen LogP contribution in [0.2, 0.25) is 0 Å². The molecule has 0 saturated carbocycles. The Kier molecular flexibility index (Phi) is 5.53. The van der Waals surface area contributed by atoms with Crippen molar-refractivity contribution in [2.75, 3.05) is 26.1 Å². The highest BCUT2D eigenvalue weighted by Gasteiger charge is 2.48.